The van der Waals surface area contributed by atoms with Crippen LogP contribution in [0.4, 0.5) is 5.69 Å². The minimum absolute atomic E-state index is 0.222. The monoisotopic (exact) mass is 402 g/mol. The Morgan fingerprint density at radius 2 is 1.76 bits per heavy atom. The number of para-hydroxylation sites is 2. The van der Waals surface area contributed by atoms with Crippen molar-refractivity contribution in [2.45, 2.75) is 6.42 Å². The molecular weight excluding hydrogens is 384 g/mol. The van der Waals surface area contributed by atoms with Gasteiger partial charge < -0.3 is 14.8 Å². The van der Waals surface area contributed by atoms with E-state index in [2.05, 4.69) is 16.4 Å². The van der Waals surface area contributed by atoms with Gasteiger partial charge in [-0.05, 0) is 48.5 Å². The number of anilines is 1. The maximum absolute atomic E-state index is 12.8. The molecule has 1 aliphatic heterocycles. The molecule has 0 unspecified atom stereocenters. The van der Waals surface area contributed by atoms with E-state index in [1.165, 1.54) is 0 Å². The van der Waals surface area contributed by atoms with Gasteiger partial charge in [-0.15, -0.1) is 11.3 Å². The molecule has 0 spiro atoms. The summed E-state index contributed by atoms with van der Waals surface area (Å²) in [5.74, 6) is 0.898. The van der Waals surface area contributed by atoms with Crippen LogP contribution in [0.15, 0.2) is 66.7 Å². The van der Waals surface area contributed by atoms with Gasteiger partial charge in [-0.1, -0.05) is 18.2 Å². The normalized spacial score (nSPS) is 13.1. The van der Waals surface area contributed by atoms with Crippen LogP contribution < -0.4 is 14.8 Å². The SMILES string of the molecule is O=C(Nc1ccc(-c2nc3ccccc3s2)cc1)c1cccc2c1OCCCO2. The molecule has 5 rings (SSSR count). The molecule has 1 aromatic heterocycles. The maximum atomic E-state index is 12.8. The predicted octanol–water partition coefficient (Wildman–Crippen LogP) is 5.38. The average molecular weight is 402 g/mol. The van der Waals surface area contributed by atoms with E-state index in [1.54, 1.807) is 23.5 Å². The molecule has 0 saturated heterocycles. The molecule has 0 atom stereocenters. The Morgan fingerprint density at radius 1 is 0.931 bits per heavy atom. The number of thiazole rings is 1. The van der Waals surface area contributed by atoms with Gasteiger partial charge in [-0.25, -0.2) is 4.98 Å². The third kappa shape index (κ3) is 3.54. The van der Waals surface area contributed by atoms with Crippen molar-refractivity contribution in [1.29, 1.82) is 0 Å². The molecule has 144 valence electrons. The summed E-state index contributed by atoms with van der Waals surface area (Å²) in [6.45, 7) is 1.12. The Kier molecular flexibility index (Phi) is 4.62. The number of aromatic nitrogens is 1. The first-order valence-corrected chi connectivity index (χ1v) is 10.3. The van der Waals surface area contributed by atoms with Crippen LogP contribution in [0.2, 0.25) is 0 Å². The minimum Gasteiger partial charge on any atom is -0.490 e. The van der Waals surface area contributed by atoms with Gasteiger partial charge in [0.05, 0.1) is 29.0 Å². The van der Waals surface area contributed by atoms with Crippen molar-refractivity contribution in [2.75, 3.05) is 18.5 Å². The fourth-order valence-corrected chi connectivity index (χ4v) is 4.23. The Bertz CT molecular complexity index is 1150. The van der Waals surface area contributed by atoms with Gasteiger partial charge in [0, 0.05) is 17.7 Å². The molecule has 29 heavy (non-hydrogen) atoms. The first kappa shape index (κ1) is 17.7. The number of hydrogen-bond acceptors (Lipinski definition) is 5. The zero-order valence-electron chi connectivity index (χ0n) is 15.6. The topological polar surface area (TPSA) is 60.5 Å². The van der Waals surface area contributed by atoms with Crippen molar-refractivity contribution < 1.29 is 14.3 Å². The highest BCUT2D eigenvalue weighted by molar-refractivity contribution is 7.21. The fourth-order valence-electron chi connectivity index (χ4n) is 3.26. The number of carbonyl (C=O) groups excluding carboxylic acids is 1. The molecule has 0 bridgehead atoms. The number of nitrogens with zero attached hydrogens (tertiary/aromatic N) is 1. The Hall–Kier alpha value is -3.38. The minimum atomic E-state index is -0.222. The van der Waals surface area contributed by atoms with Crippen LogP contribution in [0.1, 0.15) is 16.8 Å². The standard InChI is InChI=1S/C23H18N2O3S/c26-22(17-5-3-7-19-21(17)28-14-4-13-27-19)24-16-11-9-15(10-12-16)23-25-18-6-1-2-8-20(18)29-23/h1-3,5-12H,4,13-14H2,(H,24,26). The Balaban J connectivity index is 1.37. The van der Waals surface area contributed by atoms with Gasteiger partial charge >= 0.3 is 0 Å². The van der Waals surface area contributed by atoms with Gasteiger partial charge in [0.25, 0.3) is 5.91 Å². The second kappa shape index (κ2) is 7.56. The highest BCUT2D eigenvalue weighted by Crippen LogP contribution is 2.34. The van der Waals surface area contributed by atoms with Crippen LogP contribution in [0.3, 0.4) is 0 Å². The van der Waals surface area contributed by atoms with E-state index in [9.17, 15) is 4.79 Å². The summed E-state index contributed by atoms with van der Waals surface area (Å²) in [4.78, 5) is 17.5. The van der Waals surface area contributed by atoms with E-state index in [1.807, 2.05) is 48.5 Å². The van der Waals surface area contributed by atoms with Gasteiger partial charge in [-0.3, -0.25) is 4.79 Å². The smallest absolute Gasteiger partial charge is 0.259 e. The van der Waals surface area contributed by atoms with Gasteiger partial charge in [-0.2, -0.15) is 0 Å². The molecule has 5 nitrogen and oxygen atoms in total. The number of ether oxygens (including phenoxy) is 2. The van der Waals surface area contributed by atoms with Crippen molar-refractivity contribution in [3.63, 3.8) is 0 Å². The van der Waals surface area contributed by atoms with Crippen LogP contribution >= 0.6 is 11.3 Å². The molecular formula is C23H18N2O3S. The highest BCUT2D eigenvalue weighted by atomic mass is 32.1. The summed E-state index contributed by atoms with van der Waals surface area (Å²) >= 11 is 1.66. The van der Waals surface area contributed by atoms with E-state index >= 15 is 0 Å². The molecule has 6 heteroatoms. The number of amides is 1. The molecule has 3 aromatic carbocycles. The fraction of sp³-hybridized carbons (Fsp3) is 0.130. The Morgan fingerprint density at radius 3 is 2.62 bits per heavy atom. The number of carbonyl (C=O) groups is 1. The molecule has 0 fully saturated rings. The lowest BCUT2D eigenvalue weighted by molar-refractivity contribution is 0.102. The third-order valence-corrected chi connectivity index (χ3v) is 5.79. The Labute approximate surface area is 171 Å². The molecule has 0 saturated carbocycles. The van der Waals surface area contributed by atoms with Gasteiger partial charge in [0.2, 0.25) is 0 Å². The summed E-state index contributed by atoms with van der Waals surface area (Å²) in [6.07, 6.45) is 0.795. The molecule has 4 aromatic rings. The van der Waals surface area contributed by atoms with Gasteiger partial charge in [0.1, 0.15) is 5.01 Å². The molecule has 2 heterocycles. The number of nitrogens with one attached hydrogen (secondary N) is 1. The lowest BCUT2D eigenvalue weighted by atomic mass is 10.1. The lowest BCUT2D eigenvalue weighted by Crippen LogP contribution is -2.13. The summed E-state index contributed by atoms with van der Waals surface area (Å²) in [7, 11) is 0. The summed E-state index contributed by atoms with van der Waals surface area (Å²) in [5, 5.41) is 3.90. The number of rotatable bonds is 3. The molecule has 0 radical (unpaired) electrons. The summed E-state index contributed by atoms with van der Waals surface area (Å²) in [5.41, 5.74) is 3.21. The predicted molar refractivity (Wildman–Crippen MR) is 115 cm³/mol. The second-order valence-corrected chi connectivity index (χ2v) is 7.73. The van der Waals surface area contributed by atoms with E-state index in [0.29, 0.717) is 36.0 Å². The van der Waals surface area contributed by atoms with E-state index < -0.39 is 0 Å². The van der Waals surface area contributed by atoms with Crippen LogP contribution in [0, 0.1) is 0 Å². The van der Waals surface area contributed by atoms with Crippen LogP contribution in [-0.2, 0) is 0 Å². The number of hydrogen-bond donors (Lipinski definition) is 1. The zero-order chi connectivity index (χ0) is 19.6. The van der Waals surface area contributed by atoms with Crippen molar-refractivity contribution >= 4 is 33.1 Å². The first-order valence-electron chi connectivity index (χ1n) is 9.44. The van der Waals surface area contributed by atoms with E-state index in [-0.39, 0.29) is 5.91 Å². The number of benzene rings is 3. The zero-order valence-corrected chi connectivity index (χ0v) is 16.4. The second-order valence-electron chi connectivity index (χ2n) is 6.70. The lowest BCUT2D eigenvalue weighted by Gasteiger charge is -2.12. The van der Waals surface area contributed by atoms with Crippen molar-refractivity contribution in [2.24, 2.45) is 0 Å². The quantitative estimate of drug-likeness (QED) is 0.500. The van der Waals surface area contributed by atoms with Crippen molar-refractivity contribution in [3.05, 3.63) is 72.3 Å². The largest absolute Gasteiger partial charge is 0.490 e. The van der Waals surface area contributed by atoms with Crippen molar-refractivity contribution in [3.8, 4) is 22.1 Å². The molecule has 1 N–H and O–H groups in total. The molecule has 1 amide bonds. The van der Waals surface area contributed by atoms with Gasteiger partial charge in [0.15, 0.2) is 11.5 Å². The summed E-state index contributed by atoms with van der Waals surface area (Å²) < 4.78 is 12.6. The summed E-state index contributed by atoms with van der Waals surface area (Å²) in [6, 6.07) is 21.2. The molecule has 0 aliphatic carbocycles. The van der Waals surface area contributed by atoms with Crippen LogP contribution in [0.25, 0.3) is 20.8 Å². The van der Waals surface area contributed by atoms with Crippen LogP contribution in [0.5, 0.6) is 11.5 Å². The van der Waals surface area contributed by atoms with Crippen molar-refractivity contribution in [1.82, 2.24) is 4.98 Å². The first-order chi connectivity index (χ1) is 14.3. The van der Waals surface area contributed by atoms with E-state index in [0.717, 1.165) is 27.2 Å². The maximum Gasteiger partial charge on any atom is 0.259 e. The third-order valence-electron chi connectivity index (χ3n) is 4.70. The van der Waals surface area contributed by atoms with Crippen LogP contribution in [-0.4, -0.2) is 24.1 Å². The number of fused-ring (bicyclic) bond motifs is 2. The molecule has 1 aliphatic rings. The highest BCUT2D eigenvalue weighted by Gasteiger charge is 2.19. The van der Waals surface area contributed by atoms with E-state index in [4.69, 9.17) is 9.47 Å². The average Bonchev–Trinajstić information content (AvgIpc) is 3.04.